The number of nitrogens with zero attached hydrogens (tertiary/aromatic N) is 3. The molecule has 2 aliphatic rings. The Kier molecular flexibility index (Phi) is 3.12. The molecule has 1 saturated carbocycles. The van der Waals surface area contributed by atoms with Gasteiger partial charge in [0.1, 0.15) is 0 Å². The van der Waals surface area contributed by atoms with Crippen molar-refractivity contribution < 1.29 is 9.90 Å². The molecule has 1 spiro atoms. The van der Waals surface area contributed by atoms with E-state index >= 15 is 0 Å². The van der Waals surface area contributed by atoms with E-state index in [0.29, 0.717) is 11.2 Å². The molecular formula is C14H19N3O2. The van der Waals surface area contributed by atoms with Crippen molar-refractivity contribution in [2.75, 3.05) is 18.0 Å². The monoisotopic (exact) mass is 261 g/mol. The Hall–Kier alpha value is -1.65. The average Bonchev–Trinajstić information content (AvgIpc) is 2.83. The van der Waals surface area contributed by atoms with E-state index in [-0.39, 0.29) is 5.69 Å². The molecule has 19 heavy (non-hydrogen) atoms. The lowest BCUT2D eigenvalue weighted by molar-refractivity contribution is 0.0690. The second kappa shape index (κ2) is 4.79. The van der Waals surface area contributed by atoms with Crippen molar-refractivity contribution in [2.24, 2.45) is 5.41 Å². The van der Waals surface area contributed by atoms with E-state index in [0.717, 1.165) is 19.5 Å². The number of rotatable bonds is 2. The molecule has 5 heteroatoms. The molecule has 0 bridgehead atoms. The van der Waals surface area contributed by atoms with Crippen LogP contribution in [-0.2, 0) is 0 Å². The van der Waals surface area contributed by atoms with Gasteiger partial charge in [0, 0.05) is 25.5 Å². The molecule has 1 N–H and O–H groups in total. The molecule has 1 aliphatic carbocycles. The highest BCUT2D eigenvalue weighted by Crippen LogP contribution is 2.44. The second-order valence-electron chi connectivity index (χ2n) is 5.77. The van der Waals surface area contributed by atoms with Crippen molar-refractivity contribution in [1.82, 2.24) is 9.97 Å². The Balaban J connectivity index is 1.83. The van der Waals surface area contributed by atoms with E-state index in [4.69, 9.17) is 0 Å². The van der Waals surface area contributed by atoms with Gasteiger partial charge in [-0.15, -0.1) is 0 Å². The zero-order valence-electron chi connectivity index (χ0n) is 11.0. The number of aromatic carboxylic acids is 1. The highest BCUT2D eigenvalue weighted by Gasteiger charge is 2.40. The standard InChI is InChI=1S/C14H19N3O2/c18-13(19)11-12(16-8-7-15-11)17-9-6-14(10-17)4-2-1-3-5-14/h7-8H,1-6,9-10H2,(H,18,19). The summed E-state index contributed by atoms with van der Waals surface area (Å²) < 4.78 is 0. The van der Waals surface area contributed by atoms with Crippen LogP contribution in [0.25, 0.3) is 0 Å². The minimum atomic E-state index is -0.993. The summed E-state index contributed by atoms with van der Waals surface area (Å²) in [6.07, 6.45) is 10.7. The van der Waals surface area contributed by atoms with E-state index in [2.05, 4.69) is 14.9 Å². The Labute approximate surface area is 112 Å². The Morgan fingerprint density at radius 2 is 1.89 bits per heavy atom. The lowest BCUT2D eigenvalue weighted by Gasteiger charge is -2.33. The third kappa shape index (κ3) is 2.29. The Morgan fingerprint density at radius 1 is 1.16 bits per heavy atom. The summed E-state index contributed by atoms with van der Waals surface area (Å²) in [5.41, 5.74) is 0.473. The van der Waals surface area contributed by atoms with Crippen LogP contribution in [0.15, 0.2) is 12.4 Å². The van der Waals surface area contributed by atoms with Crippen molar-refractivity contribution in [3.05, 3.63) is 18.1 Å². The Morgan fingerprint density at radius 3 is 2.63 bits per heavy atom. The summed E-state index contributed by atoms with van der Waals surface area (Å²) in [7, 11) is 0. The molecule has 0 aromatic carbocycles. The van der Waals surface area contributed by atoms with Gasteiger partial charge in [-0.3, -0.25) is 0 Å². The van der Waals surface area contributed by atoms with Crippen molar-refractivity contribution in [2.45, 2.75) is 38.5 Å². The van der Waals surface area contributed by atoms with Crippen LogP contribution in [0.2, 0.25) is 0 Å². The van der Waals surface area contributed by atoms with Gasteiger partial charge in [0.15, 0.2) is 11.5 Å². The molecule has 5 nitrogen and oxygen atoms in total. The molecule has 1 saturated heterocycles. The maximum atomic E-state index is 11.2. The van der Waals surface area contributed by atoms with Gasteiger partial charge < -0.3 is 10.0 Å². The molecule has 0 amide bonds. The van der Waals surface area contributed by atoms with E-state index in [1.807, 2.05) is 0 Å². The fraction of sp³-hybridized carbons (Fsp3) is 0.643. The summed E-state index contributed by atoms with van der Waals surface area (Å²) >= 11 is 0. The van der Waals surface area contributed by atoms with Crippen LogP contribution in [0.4, 0.5) is 5.82 Å². The normalized spacial score (nSPS) is 21.8. The summed E-state index contributed by atoms with van der Waals surface area (Å²) in [5.74, 6) is -0.454. The lowest BCUT2D eigenvalue weighted by Crippen LogP contribution is -2.30. The summed E-state index contributed by atoms with van der Waals surface area (Å²) in [5, 5.41) is 9.20. The SMILES string of the molecule is O=C(O)c1nccnc1N1CCC2(CCCCC2)C1. The number of aromatic nitrogens is 2. The predicted molar refractivity (Wildman–Crippen MR) is 71.3 cm³/mol. The predicted octanol–water partition coefficient (Wildman–Crippen LogP) is 2.34. The van der Waals surface area contributed by atoms with Crippen molar-refractivity contribution in [3.63, 3.8) is 0 Å². The zero-order chi connectivity index (χ0) is 13.3. The number of hydrogen-bond acceptors (Lipinski definition) is 4. The van der Waals surface area contributed by atoms with Gasteiger partial charge in [0.2, 0.25) is 0 Å². The average molecular weight is 261 g/mol. The molecule has 102 valence electrons. The van der Waals surface area contributed by atoms with Gasteiger partial charge in [0.05, 0.1) is 0 Å². The second-order valence-corrected chi connectivity index (χ2v) is 5.77. The minimum Gasteiger partial charge on any atom is -0.476 e. The van der Waals surface area contributed by atoms with Gasteiger partial charge in [-0.25, -0.2) is 14.8 Å². The van der Waals surface area contributed by atoms with Crippen LogP contribution in [0.5, 0.6) is 0 Å². The van der Waals surface area contributed by atoms with Crippen molar-refractivity contribution in [3.8, 4) is 0 Å². The van der Waals surface area contributed by atoms with E-state index in [9.17, 15) is 9.90 Å². The molecule has 1 aromatic heterocycles. The first-order chi connectivity index (χ1) is 9.20. The molecule has 2 fully saturated rings. The smallest absolute Gasteiger partial charge is 0.358 e. The summed E-state index contributed by atoms with van der Waals surface area (Å²) in [4.78, 5) is 21.5. The van der Waals surface area contributed by atoms with E-state index in [1.165, 1.54) is 38.3 Å². The van der Waals surface area contributed by atoms with Gasteiger partial charge in [-0.05, 0) is 24.7 Å². The maximum absolute atomic E-state index is 11.2. The minimum absolute atomic E-state index is 0.0790. The Bertz CT molecular complexity index is 483. The van der Waals surface area contributed by atoms with Gasteiger partial charge in [-0.2, -0.15) is 0 Å². The van der Waals surface area contributed by atoms with Crippen molar-refractivity contribution >= 4 is 11.8 Å². The molecule has 3 rings (SSSR count). The number of anilines is 1. The van der Waals surface area contributed by atoms with E-state index in [1.54, 1.807) is 6.20 Å². The summed E-state index contributed by atoms with van der Waals surface area (Å²) in [6, 6.07) is 0. The third-order valence-electron chi connectivity index (χ3n) is 4.53. The van der Waals surface area contributed by atoms with Crippen LogP contribution >= 0.6 is 0 Å². The molecule has 2 heterocycles. The quantitative estimate of drug-likeness (QED) is 0.885. The number of carboxylic acids is 1. The van der Waals surface area contributed by atoms with Crippen LogP contribution in [0.3, 0.4) is 0 Å². The van der Waals surface area contributed by atoms with Crippen molar-refractivity contribution in [1.29, 1.82) is 0 Å². The van der Waals surface area contributed by atoms with Gasteiger partial charge >= 0.3 is 5.97 Å². The third-order valence-corrected chi connectivity index (χ3v) is 4.53. The lowest BCUT2D eigenvalue weighted by atomic mass is 9.73. The fourth-order valence-corrected chi connectivity index (χ4v) is 3.54. The first kappa shape index (κ1) is 12.4. The van der Waals surface area contributed by atoms with Crippen LogP contribution in [0.1, 0.15) is 49.0 Å². The van der Waals surface area contributed by atoms with Crippen LogP contribution in [0, 0.1) is 5.41 Å². The molecule has 0 unspecified atom stereocenters. The fourth-order valence-electron chi connectivity index (χ4n) is 3.54. The first-order valence-electron chi connectivity index (χ1n) is 6.99. The number of carbonyl (C=O) groups is 1. The van der Waals surface area contributed by atoms with Gasteiger partial charge in [-0.1, -0.05) is 19.3 Å². The largest absolute Gasteiger partial charge is 0.476 e. The number of hydrogen-bond donors (Lipinski definition) is 1. The summed E-state index contributed by atoms with van der Waals surface area (Å²) in [6.45, 7) is 1.84. The zero-order valence-corrected chi connectivity index (χ0v) is 11.0. The van der Waals surface area contributed by atoms with Gasteiger partial charge in [0.25, 0.3) is 0 Å². The van der Waals surface area contributed by atoms with Crippen LogP contribution < -0.4 is 4.90 Å². The first-order valence-corrected chi connectivity index (χ1v) is 6.99. The van der Waals surface area contributed by atoms with Crippen LogP contribution in [-0.4, -0.2) is 34.1 Å². The molecule has 1 aliphatic heterocycles. The molecular weight excluding hydrogens is 242 g/mol. The molecule has 0 radical (unpaired) electrons. The highest BCUT2D eigenvalue weighted by atomic mass is 16.4. The highest BCUT2D eigenvalue weighted by molar-refractivity contribution is 5.91. The van der Waals surface area contributed by atoms with E-state index < -0.39 is 5.97 Å². The molecule has 0 atom stereocenters. The maximum Gasteiger partial charge on any atom is 0.358 e. The molecule has 1 aromatic rings. The topological polar surface area (TPSA) is 66.3 Å². The number of carboxylic acid groups (broad SMARTS) is 1.